The fraction of sp³-hybridized carbons (Fsp3) is 0.500. The second kappa shape index (κ2) is 10.6. The van der Waals surface area contributed by atoms with Gasteiger partial charge >= 0.3 is 6.18 Å². The van der Waals surface area contributed by atoms with Crippen LogP contribution in [-0.4, -0.2) is 30.4 Å². The first-order valence-corrected chi connectivity index (χ1v) is 12.9. The summed E-state index contributed by atoms with van der Waals surface area (Å²) in [5.41, 5.74) is -0.486. The summed E-state index contributed by atoms with van der Waals surface area (Å²) in [6.45, 7) is 14.9. The fourth-order valence-electron chi connectivity index (χ4n) is 4.77. The number of allylic oxidation sites excluding steroid dienone is 1. The number of ketones is 1. The number of alkyl halides is 3. The van der Waals surface area contributed by atoms with Crippen LogP contribution in [0, 0.1) is 5.82 Å². The van der Waals surface area contributed by atoms with Crippen molar-refractivity contribution in [3.63, 3.8) is 0 Å². The molecular weight excluding hydrogens is 498 g/mol. The van der Waals surface area contributed by atoms with Crippen LogP contribution in [0.4, 0.5) is 17.6 Å². The average molecular weight is 536 g/mol. The van der Waals surface area contributed by atoms with Gasteiger partial charge in [0.1, 0.15) is 0 Å². The summed E-state index contributed by atoms with van der Waals surface area (Å²) in [5.74, 6) is -0.785. The zero-order chi connectivity index (χ0) is 28.6. The first-order valence-electron chi connectivity index (χ1n) is 12.9. The summed E-state index contributed by atoms with van der Waals surface area (Å²) in [6.07, 6.45) is -2.21. The lowest BCUT2D eigenvalue weighted by atomic mass is 9.84. The molecule has 1 aliphatic heterocycles. The molecule has 0 spiro atoms. The maximum Gasteiger partial charge on any atom is 0.416 e. The lowest BCUT2D eigenvalue weighted by molar-refractivity contribution is -0.137. The molecule has 0 fully saturated rings. The maximum atomic E-state index is 16.0. The molecule has 8 heteroatoms. The third-order valence-corrected chi connectivity index (χ3v) is 6.80. The van der Waals surface area contributed by atoms with Crippen LogP contribution in [0.25, 0.3) is 5.70 Å². The van der Waals surface area contributed by atoms with Crippen LogP contribution in [0.5, 0.6) is 11.5 Å². The zero-order valence-corrected chi connectivity index (χ0v) is 23.4. The predicted octanol–water partition coefficient (Wildman–Crippen LogP) is 8.12. The number of rotatable bonds is 8. The summed E-state index contributed by atoms with van der Waals surface area (Å²) in [6, 6.07) is 5.26. The lowest BCUT2D eigenvalue weighted by Crippen LogP contribution is -2.38. The Kier molecular flexibility index (Phi) is 8.25. The van der Waals surface area contributed by atoms with Crippen molar-refractivity contribution in [2.45, 2.75) is 78.9 Å². The summed E-state index contributed by atoms with van der Waals surface area (Å²) in [4.78, 5) is 15.4. The third kappa shape index (κ3) is 5.54. The predicted molar refractivity (Wildman–Crippen MR) is 141 cm³/mol. The van der Waals surface area contributed by atoms with Crippen molar-refractivity contribution in [2.75, 3.05) is 19.8 Å². The van der Waals surface area contributed by atoms with E-state index in [2.05, 4.69) is 0 Å². The van der Waals surface area contributed by atoms with Crippen LogP contribution in [0.15, 0.2) is 30.3 Å². The van der Waals surface area contributed by atoms with Crippen LogP contribution in [-0.2, 0) is 17.1 Å². The van der Waals surface area contributed by atoms with E-state index < -0.39 is 34.3 Å². The van der Waals surface area contributed by atoms with Crippen LogP contribution in [0.2, 0.25) is 0 Å². The fourth-order valence-corrected chi connectivity index (χ4v) is 4.77. The Balaban J connectivity index is 2.14. The van der Waals surface area contributed by atoms with Gasteiger partial charge in [0.2, 0.25) is 0 Å². The van der Waals surface area contributed by atoms with Crippen LogP contribution >= 0.6 is 0 Å². The summed E-state index contributed by atoms with van der Waals surface area (Å²) in [7, 11) is 0. The Morgan fingerprint density at radius 3 is 2.11 bits per heavy atom. The number of ether oxygens (including phenoxy) is 2. The van der Waals surface area contributed by atoms with Gasteiger partial charge in [-0.05, 0) is 74.9 Å². The van der Waals surface area contributed by atoms with E-state index in [4.69, 9.17) is 9.47 Å². The second-order valence-corrected chi connectivity index (χ2v) is 10.9. The average Bonchev–Trinajstić information content (AvgIpc) is 3.01. The van der Waals surface area contributed by atoms with Gasteiger partial charge in [-0.3, -0.25) is 4.79 Å². The Morgan fingerprint density at radius 1 is 0.974 bits per heavy atom. The van der Waals surface area contributed by atoms with E-state index in [9.17, 15) is 18.0 Å². The molecular formula is C30H37F4NO3. The van der Waals surface area contributed by atoms with Crippen molar-refractivity contribution >= 4 is 11.5 Å². The number of carbonyl (C=O) groups is 1. The monoisotopic (exact) mass is 535 g/mol. The second-order valence-electron chi connectivity index (χ2n) is 10.9. The Hall–Kier alpha value is -3.03. The Bertz CT molecular complexity index is 1210. The molecule has 1 aliphatic rings. The maximum absolute atomic E-state index is 16.0. The first kappa shape index (κ1) is 29.5. The van der Waals surface area contributed by atoms with E-state index in [0.717, 1.165) is 12.1 Å². The van der Waals surface area contributed by atoms with Crippen molar-refractivity contribution in [3.8, 4) is 11.5 Å². The zero-order valence-electron chi connectivity index (χ0n) is 23.4. The summed E-state index contributed by atoms with van der Waals surface area (Å²) < 4.78 is 68.4. The third-order valence-electron chi connectivity index (χ3n) is 6.80. The smallest absolute Gasteiger partial charge is 0.416 e. The van der Waals surface area contributed by atoms with Crippen molar-refractivity contribution in [1.82, 2.24) is 4.90 Å². The van der Waals surface area contributed by atoms with Gasteiger partial charge in [-0.25, -0.2) is 4.39 Å². The molecule has 2 aromatic carbocycles. The number of benzene rings is 2. The summed E-state index contributed by atoms with van der Waals surface area (Å²) in [5, 5.41) is 0. The molecule has 0 saturated carbocycles. The Labute approximate surface area is 222 Å². The standard InChI is InChI=1S/C30H37F4NO3/c1-9-12-22-25-21(16-24(37-10-2)27(26(25)31)38-11-3)29(7,8)35(22)17-23(36)18-13-19(28(4,5)6)15-20(14-18)30(32,33)34/h12-16H,9-11,17H2,1-8H3. The van der Waals surface area contributed by atoms with Gasteiger partial charge < -0.3 is 14.4 Å². The van der Waals surface area contributed by atoms with E-state index >= 15 is 4.39 Å². The van der Waals surface area contributed by atoms with Gasteiger partial charge in [0.15, 0.2) is 23.1 Å². The number of fused-ring (bicyclic) bond motifs is 1. The number of nitrogens with zero attached hydrogens (tertiary/aromatic N) is 1. The minimum Gasteiger partial charge on any atom is -0.490 e. The first-order chi connectivity index (χ1) is 17.6. The number of hydrogen-bond acceptors (Lipinski definition) is 4. The number of halogens is 4. The van der Waals surface area contributed by atoms with Gasteiger partial charge in [-0.2, -0.15) is 13.2 Å². The largest absolute Gasteiger partial charge is 0.490 e. The number of carbonyl (C=O) groups excluding carboxylic acids is 1. The van der Waals surface area contributed by atoms with Gasteiger partial charge in [0, 0.05) is 16.8 Å². The van der Waals surface area contributed by atoms with Crippen molar-refractivity contribution in [1.29, 1.82) is 0 Å². The molecule has 0 N–H and O–H groups in total. The van der Waals surface area contributed by atoms with Crippen LogP contribution in [0.1, 0.15) is 94.4 Å². The van der Waals surface area contributed by atoms with E-state index in [1.54, 1.807) is 45.6 Å². The highest BCUT2D eigenvalue weighted by molar-refractivity contribution is 5.99. The molecule has 4 nitrogen and oxygen atoms in total. The van der Waals surface area contributed by atoms with Crippen molar-refractivity contribution in [2.24, 2.45) is 0 Å². The molecule has 0 aromatic heterocycles. The number of Topliss-reactive ketones (excluding diaryl/α,β-unsaturated/α-hetero) is 1. The van der Waals surface area contributed by atoms with Gasteiger partial charge in [-0.15, -0.1) is 0 Å². The van der Waals surface area contributed by atoms with Gasteiger partial charge in [-0.1, -0.05) is 33.8 Å². The molecule has 38 heavy (non-hydrogen) atoms. The minimum absolute atomic E-state index is 0.00627. The lowest BCUT2D eigenvalue weighted by Gasteiger charge is -2.35. The van der Waals surface area contributed by atoms with E-state index in [-0.39, 0.29) is 30.2 Å². The quantitative estimate of drug-likeness (QED) is 0.253. The van der Waals surface area contributed by atoms with Crippen LogP contribution < -0.4 is 9.47 Å². The summed E-state index contributed by atoms with van der Waals surface area (Å²) >= 11 is 0. The molecule has 1 heterocycles. The molecule has 0 unspecified atom stereocenters. The normalized spacial score (nSPS) is 16.1. The van der Waals surface area contributed by atoms with Gasteiger partial charge in [0.05, 0.1) is 30.9 Å². The molecule has 0 saturated heterocycles. The molecule has 0 atom stereocenters. The highest BCUT2D eigenvalue weighted by Crippen LogP contribution is 2.51. The molecule has 0 aliphatic carbocycles. The van der Waals surface area contributed by atoms with Crippen molar-refractivity contribution in [3.05, 3.63) is 64.0 Å². The highest BCUT2D eigenvalue weighted by atomic mass is 19.4. The molecule has 2 aromatic rings. The van der Waals surface area contributed by atoms with Crippen LogP contribution in [0.3, 0.4) is 0 Å². The molecule has 0 bridgehead atoms. The van der Waals surface area contributed by atoms with E-state index in [1.807, 2.05) is 26.8 Å². The molecule has 0 amide bonds. The molecule has 3 rings (SSSR count). The Morgan fingerprint density at radius 2 is 1.58 bits per heavy atom. The van der Waals surface area contributed by atoms with E-state index in [1.165, 1.54) is 6.07 Å². The number of hydrogen-bond donors (Lipinski definition) is 0. The highest BCUT2D eigenvalue weighted by Gasteiger charge is 2.44. The SMILES string of the molecule is CCC=C1c2c(cc(OCC)c(OCC)c2F)C(C)(C)N1CC(=O)c1cc(C(C)(C)C)cc(C(F)(F)F)c1. The van der Waals surface area contributed by atoms with Crippen molar-refractivity contribution < 1.29 is 31.8 Å². The molecule has 208 valence electrons. The van der Waals surface area contributed by atoms with E-state index in [0.29, 0.717) is 35.4 Å². The van der Waals surface area contributed by atoms with Gasteiger partial charge in [0.25, 0.3) is 0 Å². The minimum atomic E-state index is -4.60. The topological polar surface area (TPSA) is 38.8 Å². The molecule has 0 radical (unpaired) electrons.